The van der Waals surface area contributed by atoms with E-state index in [1.165, 1.54) is 128 Å². The SMILES string of the molecule is CC/C=C\C/C=C\C/C=C\C/C=C\C/C=C\C/C=C\CCC(=O)OC(COCCCCCCCCCCCCCCCCCCCCCCCCC)COC1OC(CO)C(O)C(OS(=O)(=O)O)C1O. The first-order valence-corrected chi connectivity index (χ1v) is 28.6. The van der Waals surface area contributed by atoms with Gasteiger partial charge in [-0.25, -0.2) is 4.18 Å². The molecule has 1 saturated heterocycles. The molecule has 0 aromatic carbocycles. The molecule has 1 heterocycles. The van der Waals surface area contributed by atoms with Crippen molar-refractivity contribution in [1.82, 2.24) is 0 Å². The Labute approximate surface area is 420 Å². The average molecular weight is 995 g/mol. The zero-order valence-corrected chi connectivity index (χ0v) is 43.9. The second kappa shape index (κ2) is 46.6. The maximum Gasteiger partial charge on any atom is 0.397 e. The van der Waals surface area contributed by atoms with Crippen LogP contribution in [0, 0.1) is 0 Å². The van der Waals surface area contributed by atoms with Gasteiger partial charge in [-0.1, -0.05) is 228 Å². The van der Waals surface area contributed by atoms with Gasteiger partial charge in [0.15, 0.2) is 6.29 Å². The molecule has 13 heteroatoms. The van der Waals surface area contributed by atoms with Crippen molar-refractivity contribution in [1.29, 1.82) is 0 Å². The first-order valence-electron chi connectivity index (χ1n) is 27.2. The van der Waals surface area contributed by atoms with Gasteiger partial charge < -0.3 is 34.3 Å². The summed E-state index contributed by atoms with van der Waals surface area (Å²) in [6.07, 6.45) is 52.4. The first-order chi connectivity index (χ1) is 33.6. The lowest BCUT2D eigenvalue weighted by molar-refractivity contribution is -0.301. The quantitative estimate of drug-likeness (QED) is 0.0197. The van der Waals surface area contributed by atoms with Crippen molar-refractivity contribution in [2.24, 2.45) is 0 Å². The summed E-state index contributed by atoms with van der Waals surface area (Å²) in [6.45, 7) is 3.81. The van der Waals surface area contributed by atoms with Gasteiger partial charge in [-0.15, -0.1) is 0 Å². The van der Waals surface area contributed by atoms with E-state index in [2.05, 4.69) is 78.8 Å². The molecule has 6 unspecified atom stereocenters. The number of carbonyl (C=O) groups is 1. The van der Waals surface area contributed by atoms with Crippen LogP contribution in [0.3, 0.4) is 0 Å². The first kappa shape index (κ1) is 64.6. The zero-order chi connectivity index (χ0) is 50.3. The molecule has 69 heavy (non-hydrogen) atoms. The van der Waals surface area contributed by atoms with Crippen LogP contribution in [0.15, 0.2) is 72.9 Å². The highest BCUT2D eigenvalue weighted by atomic mass is 32.3. The molecule has 0 aliphatic carbocycles. The van der Waals surface area contributed by atoms with Crippen LogP contribution < -0.4 is 0 Å². The number of carbonyl (C=O) groups excluding carboxylic acids is 1. The van der Waals surface area contributed by atoms with Gasteiger partial charge in [0.1, 0.15) is 30.5 Å². The van der Waals surface area contributed by atoms with E-state index in [9.17, 15) is 33.1 Å². The van der Waals surface area contributed by atoms with Crippen LogP contribution in [0.4, 0.5) is 0 Å². The zero-order valence-electron chi connectivity index (χ0n) is 43.1. The topological polar surface area (TPSA) is 178 Å². The lowest BCUT2D eigenvalue weighted by atomic mass is 9.99. The molecule has 0 bridgehead atoms. The summed E-state index contributed by atoms with van der Waals surface area (Å²) in [5, 5.41) is 30.8. The number of unbranched alkanes of at least 4 members (excludes halogenated alkanes) is 22. The molecule has 12 nitrogen and oxygen atoms in total. The van der Waals surface area contributed by atoms with Gasteiger partial charge in [-0.2, -0.15) is 8.42 Å². The van der Waals surface area contributed by atoms with Crippen molar-refractivity contribution in [2.75, 3.05) is 26.4 Å². The Morgan fingerprint density at radius 1 is 0.565 bits per heavy atom. The molecule has 0 radical (unpaired) electrons. The van der Waals surface area contributed by atoms with E-state index in [4.69, 9.17) is 18.9 Å². The van der Waals surface area contributed by atoms with Crippen LogP contribution in [-0.4, -0.2) is 97.5 Å². The second-order valence-electron chi connectivity index (χ2n) is 18.4. The summed E-state index contributed by atoms with van der Waals surface area (Å²) >= 11 is 0. The standard InChI is InChI=1S/C56H98O12S/c1-3-5-7-9-11-13-15-17-19-21-23-24-25-26-28-30-32-34-36-38-40-42-44-46-64-48-50(49-65-56-54(60)55(68-69(61,62)63)53(59)51(47-57)67-56)66-52(58)45-43-41-39-37-35-33-31-29-27-22-20-18-16-14-12-10-8-6-4-2/h6,8,12,14,18,20,27,29,33,35,39,41,50-51,53-57,59-60H,3-5,7,9-11,13,15-17,19,21-26,28,30-32,34,36-38,40,42-49H2,1-2H3,(H,61,62,63)/b8-6-,14-12-,20-18-,29-27-,35-33-,41-39-. The van der Waals surface area contributed by atoms with Gasteiger partial charge >= 0.3 is 16.4 Å². The van der Waals surface area contributed by atoms with E-state index in [0.717, 1.165) is 57.8 Å². The Hall–Kier alpha value is -2.46. The van der Waals surface area contributed by atoms with E-state index >= 15 is 0 Å². The third kappa shape index (κ3) is 39.8. The molecule has 1 rings (SSSR count). The van der Waals surface area contributed by atoms with Crippen LogP contribution in [0.25, 0.3) is 0 Å². The number of aliphatic hydroxyl groups is 3. The van der Waals surface area contributed by atoms with Crippen molar-refractivity contribution in [3.63, 3.8) is 0 Å². The minimum absolute atomic E-state index is 0.00474. The van der Waals surface area contributed by atoms with Crippen LogP contribution in [-0.2, 0) is 38.3 Å². The Bertz CT molecular complexity index is 1470. The lowest BCUT2D eigenvalue weighted by Gasteiger charge is -2.41. The van der Waals surface area contributed by atoms with Crippen LogP contribution in [0.2, 0.25) is 0 Å². The van der Waals surface area contributed by atoms with Gasteiger partial charge in [-0.3, -0.25) is 9.35 Å². The molecule has 0 aromatic rings. The van der Waals surface area contributed by atoms with Gasteiger partial charge in [-0.05, 0) is 51.4 Å². The molecule has 0 amide bonds. The fourth-order valence-electron chi connectivity index (χ4n) is 8.05. The van der Waals surface area contributed by atoms with Gasteiger partial charge in [0, 0.05) is 13.0 Å². The molecule has 4 N–H and O–H groups in total. The maximum atomic E-state index is 12.9. The smallest absolute Gasteiger partial charge is 0.397 e. The predicted octanol–water partition coefficient (Wildman–Crippen LogP) is 13.0. The third-order valence-corrected chi connectivity index (χ3v) is 12.6. The van der Waals surface area contributed by atoms with Crippen LogP contribution in [0.5, 0.6) is 0 Å². The monoisotopic (exact) mass is 995 g/mol. The molecule has 0 saturated carbocycles. The van der Waals surface area contributed by atoms with Gasteiger partial charge in [0.2, 0.25) is 0 Å². The molecule has 6 atom stereocenters. The average Bonchev–Trinajstić information content (AvgIpc) is 3.32. The van der Waals surface area contributed by atoms with E-state index < -0.39 is 59.8 Å². The number of rotatable bonds is 47. The highest BCUT2D eigenvalue weighted by Crippen LogP contribution is 2.26. The van der Waals surface area contributed by atoms with Gasteiger partial charge in [0.25, 0.3) is 0 Å². The Kier molecular flexibility index (Phi) is 43.6. The lowest BCUT2D eigenvalue weighted by Crippen LogP contribution is -2.60. The van der Waals surface area contributed by atoms with Crippen LogP contribution in [0.1, 0.15) is 213 Å². The molecular formula is C56H98O12S. The second-order valence-corrected chi connectivity index (χ2v) is 19.5. The summed E-state index contributed by atoms with van der Waals surface area (Å²) in [5.41, 5.74) is 0. The predicted molar refractivity (Wildman–Crippen MR) is 280 cm³/mol. The normalized spacial score (nSPS) is 19.8. The highest BCUT2D eigenvalue weighted by Gasteiger charge is 2.48. The molecular weight excluding hydrogens is 897 g/mol. The van der Waals surface area contributed by atoms with Crippen molar-refractivity contribution >= 4 is 16.4 Å². The summed E-state index contributed by atoms with van der Waals surface area (Å²) < 4.78 is 59.2. The van der Waals surface area contributed by atoms with E-state index in [1.807, 2.05) is 12.2 Å². The number of aliphatic hydroxyl groups excluding tert-OH is 3. The molecule has 1 aliphatic rings. The summed E-state index contributed by atoms with van der Waals surface area (Å²) in [7, 11) is -5.08. The summed E-state index contributed by atoms with van der Waals surface area (Å²) in [4.78, 5) is 12.9. The molecule has 1 aliphatic heterocycles. The largest absolute Gasteiger partial charge is 0.457 e. The Morgan fingerprint density at radius 3 is 1.38 bits per heavy atom. The van der Waals surface area contributed by atoms with Crippen molar-refractivity contribution < 1.29 is 56.2 Å². The Balaban J connectivity index is 2.37. The maximum absolute atomic E-state index is 12.9. The number of ether oxygens (including phenoxy) is 4. The van der Waals surface area contributed by atoms with Crippen molar-refractivity contribution in [3.8, 4) is 0 Å². The molecule has 1 fully saturated rings. The fraction of sp³-hybridized carbons (Fsp3) is 0.768. The number of allylic oxidation sites excluding steroid dienone is 12. The van der Waals surface area contributed by atoms with Crippen molar-refractivity contribution in [2.45, 2.75) is 250 Å². The molecule has 0 aromatic heterocycles. The van der Waals surface area contributed by atoms with E-state index in [-0.39, 0.29) is 19.6 Å². The molecule has 400 valence electrons. The Morgan fingerprint density at radius 2 is 0.971 bits per heavy atom. The highest BCUT2D eigenvalue weighted by molar-refractivity contribution is 7.80. The number of hydrogen-bond donors (Lipinski definition) is 4. The van der Waals surface area contributed by atoms with Crippen LogP contribution >= 0.6 is 0 Å². The third-order valence-electron chi connectivity index (χ3n) is 12.1. The summed E-state index contributed by atoms with van der Waals surface area (Å²) in [6, 6.07) is 0. The number of hydrogen-bond acceptors (Lipinski definition) is 11. The fourth-order valence-corrected chi connectivity index (χ4v) is 8.56. The van der Waals surface area contributed by atoms with Gasteiger partial charge in [0.05, 0.1) is 19.8 Å². The minimum Gasteiger partial charge on any atom is -0.457 e. The number of esters is 1. The van der Waals surface area contributed by atoms with E-state index in [1.54, 1.807) is 0 Å². The summed E-state index contributed by atoms with van der Waals surface area (Å²) in [5.74, 6) is -0.479. The minimum atomic E-state index is -5.08. The van der Waals surface area contributed by atoms with E-state index in [0.29, 0.717) is 13.0 Å². The van der Waals surface area contributed by atoms with Crippen molar-refractivity contribution in [3.05, 3.63) is 72.9 Å². The molecule has 0 spiro atoms.